The number of oxazole rings is 1. The highest BCUT2D eigenvalue weighted by Gasteiger charge is 2.49. The van der Waals surface area contributed by atoms with E-state index in [0.717, 1.165) is 6.07 Å². The number of nitrogens with zero attached hydrogens (tertiary/aromatic N) is 4. The number of aromatic nitrogens is 2. The average molecular weight is 504 g/mol. The summed E-state index contributed by atoms with van der Waals surface area (Å²) in [6, 6.07) is 1.89. The summed E-state index contributed by atoms with van der Waals surface area (Å²) in [4.78, 5) is 23.1. The van der Waals surface area contributed by atoms with Gasteiger partial charge in [0.1, 0.15) is 5.01 Å². The van der Waals surface area contributed by atoms with Crippen molar-refractivity contribution in [2.75, 3.05) is 18.0 Å². The second kappa shape index (κ2) is 7.48. The Morgan fingerprint density at radius 1 is 1.24 bits per heavy atom. The molecule has 1 N–H and O–H groups in total. The second-order valence-corrected chi connectivity index (χ2v) is 10.0. The molecule has 15 heteroatoms. The van der Waals surface area contributed by atoms with Crippen LogP contribution in [0.1, 0.15) is 12.8 Å². The number of amides is 1. The third-order valence-corrected chi connectivity index (χ3v) is 7.39. The van der Waals surface area contributed by atoms with E-state index < -0.39 is 27.5 Å². The Kier molecular flexibility index (Phi) is 4.93. The molecule has 2 fully saturated rings. The van der Waals surface area contributed by atoms with Gasteiger partial charge in [0.2, 0.25) is 0 Å². The van der Waals surface area contributed by atoms with Gasteiger partial charge in [0, 0.05) is 24.7 Å². The monoisotopic (exact) mass is 504 g/mol. The van der Waals surface area contributed by atoms with Crippen molar-refractivity contribution in [3.8, 4) is 16.3 Å². The summed E-state index contributed by atoms with van der Waals surface area (Å²) >= 11 is 1.25. The van der Waals surface area contributed by atoms with Gasteiger partial charge in [-0.15, -0.1) is 11.3 Å². The van der Waals surface area contributed by atoms with Crippen LogP contribution in [0.5, 0.6) is 5.75 Å². The van der Waals surface area contributed by atoms with Crippen molar-refractivity contribution in [1.82, 2.24) is 14.9 Å². The van der Waals surface area contributed by atoms with Crippen LogP contribution in [0, 0.1) is 0 Å². The molecule has 0 spiro atoms. The molecule has 4 heterocycles. The second-order valence-electron chi connectivity index (χ2n) is 7.59. The first kappa shape index (κ1) is 21.8. The Morgan fingerprint density at radius 3 is 2.52 bits per heavy atom. The van der Waals surface area contributed by atoms with Crippen molar-refractivity contribution >= 4 is 44.7 Å². The third-order valence-electron chi connectivity index (χ3n) is 5.61. The number of benzene rings is 1. The average Bonchev–Trinajstić information content (AvgIpc) is 3.45. The SMILES string of the molecule is O=C(O)N1C2CCC1CN(c1nc3c(OS(=O)(=O)C(F)(F)F)ccc(-c4nccs4)c3o1)C2. The quantitative estimate of drug-likeness (QED) is 0.420. The van der Waals surface area contributed by atoms with E-state index in [4.69, 9.17) is 4.42 Å². The smallest absolute Gasteiger partial charge is 0.465 e. The molecule has 2 aliphatic heterocycles. The molecule has 2 aliphatic rings. The molecule has 10 nitrogen and oxygen atoms in total. The zero-order chi connectivity index (χ0) is 23.5. The molecular weight excluding hydrogens is 489 g/mol. The third kappa shape index (κ3) is 3.64. The molecule has 3 aromatic rings. The summed E-state index contributed by atoms with van der Waals surface area (Å²) in [6.07, 6.45) is 1.84. The van der Waals surface area contributed by atoms with Crippen LogP contribution in [0.4, 0.5) is 24.0 Å². The van der Waals surface area contributed by atoms with Gasteiger partial charge in [0.25, 0.3) is 6.01 Å². The van der Waals surface area contributed by atoms with Gasteiger partial charge in [0.15, 0.2) is 16.8 Å². The molecule has 176 valence electrons. The standard InChI is InChI=1S/C18H15F3N4O6S2/c19-18(20,21)33(28,29)31-12-4-3-11(15-22-5-6-32-15)14-13(12)23-16(30-14)24-7-9-1-2-10(8-24)25(9)17(26)27/h3-6,9-10H,1-2,7-8H2,(H,26,27). The van der Waals surface area contributed by atoms with E-state index in [2.05, 4.69) is 14.2 Å². The van der Waals surface area contributed by atoms with Crippen molar-refractivity contribution in [3.63, 3.8) is 0 Å². The maximum atomic E-state index is 12.9. The minimum atomic E-state index is -5.93. The Hall–Kier alpha value is -3.07. The van der Waals surface area contributed by atoms with Crippen LogP contribution in [0.15, 0.2) is 28.1 Å². The van der Waals surface area contributed by atoms with E-state index in [1.807, 2.05) is 0 Å². The molecule has 1 amide bonds. The zero-order valence-electron chi connectivity index (χ0n) is 16.5. The van der Waals surface area contributed by atoms with Gasteiger partial charge in [-0.05, 0) is 25.0 Å². The highest BCUT2D eigenvalue weighted by Crippen LogP contribution is 2.41. The number of hydrogen-bond donors (Lipinski definition) is 1. The molecule has 2 atom stereocenters. The zero-order valence-corrected chi connectivity index (χ0v) is 18.2. The van der Waals surface area contributed by atoms with E-state index in [9.17, 15) is 31.5 Å². The van der Waals surface area contributed by atoms with Gasteiger partial charge in [-0.1, -0.05) is 0 Å². The maximum Gasteiger partial charge on any atom is 0.534 e. The van der Waals surface area contributed by atoms with E-state index in [1.165, 1.54) is 28.5 Å². The lowest BCUT2D eigenvalue weighted by Crippen LogP contribution is -2.55. The largest absolute Gasteiger partial charge is 0.534 e. The van der Waals surface area contributed by atoms with Crippen molar-refractivity contribution in [2.24, 2.45) is 0 Å². The first-order valence-corrected chi connectivity index (χ1v) is 11.9. The molecule has 1 aromatic carbocycles. The van der Waals surface area contributed by atoms with Crippen LogP contribution in [0.2, 0.25) is 0 Å². The lowest BCUT2D eigenvalue weighted by molar-refractivity contribution is -0.0499. The first-order chi connectivity index (χ1) is 15.5. The number of halogens is 3. The van der Waals surface area contributed by atoms with Gasteiger partial charge < -0.3 is 18.6 Å². The van der Waals surface area contributed by atoms with E-state index in [0.29, 0.717) is 23.4 Å². The van der Waals surface area contributed by atoms with Gasteiger partial charge in [0.05, 0.1) is 17.6 Å². The van der Waals surface area contributed by atoms with Crippen molar-refractivity contribution in [1.29, 1.82) is 0 Å². The summed E-state index contributed by atoms with van der Waals surface area (Å²) in [5.74, 6) is -0.634. The number of rotatable bonds is 4. The molecule has 5 rings (SSSR count). The fourth-order valence-corrected chi connectivity index (χ4v) is 5.36. The van der Waals surface area contributed by atoms with E-state index in [-0.39, 0.29) is 42.3 Å². The summed E-state index contributed by atoms with van der Waals surface area (Å²) in [5.41, 5.74) is -5.41. The Labute approximate surface area is 188 Å². The number of anilines is 1. The summed E-state index contributed by atoms with van der Waals surface area (Å²) < 4.78 is 72.1. The Morgan fingerprint density at radius 2 is 1.94 bits per heavy atom. The van der Waals surface area contributed by atoms with E-state index in [1.54, 1.807) is 10.3 Å². The van der Waals surface area contributed by atoms with Crippen molar-refractivity contribution < 1.29 is 40.1 Å². The van der Waals surface area contributed by atoms with Crippen LogP contribution in [0.3, 0.4) is 0 Å². The maximum absolute atomic E-state index is 12.9. The number of carboxylic acid groups (broad SMARTS) is 1. The number of hydrogen-bond acceptors (Lipinski definition) is 9. The molecular formula is C18H15F3N4O6S2. The fourth-order valence-electron chi connectivity index (χ4n) is 4.24. The molecule has 33 heavy (non-hydrogen) atoms. The first-order valence-electron chi connectivity index (χ1n) is 9.65. The van der Waals surface area contributed by atoms with Crippen molar-refractivity contribution in [3.05, 3.63) is 23.7 Å². The van der Waals surface area contributed by atoms with Gasteiger partial charge >= 0.3 is 21.7 Å². The lowest BCUT2D eigenvalue weighted by atomic mass is 10.2. The number of carbonyl (C=O) groups is 1. The highest BCUT2D eigenvalue weighted by atomic mass is 32.2. The fraction of sp³-hybridized carbons (Fsp3) is 0.389. The number of fused-ring (bicyclic) bond motifs is 3. The van der Waals surface area contributed by atoms with Gasteiger partial charge in [-0.25, -0.2) is 9.78 Å². The minimum absolute atomic E-state index is 0.0165. The van der Waals surface area contributed by atoms with Crippen LogP contribution >= 0.6 is 11.3 Å². The topological polar surface area (TPSA) is 126 Å². The van der Waals surface area contributed by atoms with Crippen molar-refractivity contribution in [2.45, 2.75) is 30.4 Å². The molecule has 0 aliphatic carbocycles. The predicted molar refractivity (Wildman–Crippen MR) is 110 cm³/mol. The number of piperazine rings is 1. The highest BCUT2D eigenvalue weighted by molar-refractivity contribution is 7.88. The predicted octanol–water partition coefficient (Wildman–Crippen LogP) is 3.51. The molecule has 2 aromatic heterocycles. The summed E-state index contributed by atoms with van der Waals surface area (Å²) in [5, 5.41) is 11.6. The van der Waals surface area contributed by atoms with Crippen LogP contribution in [0.25, 0.3) is 21.7 Å². The van der Waals surface area contributed by atoms with Crippen LogP contribution < -0.4 is 9.08 Å². The number of thiazole rings is 1. The molecule has 2 unspecified atom stereocenters. The Balaban J connectivity index is 1.58. The molecule has 0 saturated carbocycles. The normalized spacial score (nSPS) is 21.1. The molecule has 2 saturated heterocycles. The molecule has 2 bridgehead atoms. The summed E-state index contributed by atoms with van der Waals surface area (Å²) in [6.45, 7) is 0.554. The van der Waals surface area contributed by atoms with Crippen LogP contribution in [-0.4, -0.2) is 65.2 Å². The summed E-state index contributed by atoms with van der Waals surface area (Å²) in [7, 11) is -5.93. The Bertz CT molecular complexity index is 1310. The van der Waals surface area contributed by atoms with Gasteiger partial charge in [-0.2, -0.15) is 26.6 Å². The number of alkyl halides is 3. The van der Waals surface area contributed by atoms with E-state index >= 15 is 0 Å². The molecule has 0 radical (unpaired) electrons. The minimum Gasteiger partial charge on any atom is -0.465 e. The van der Waals surface area contributed by atoms with Crippen LogP contribution in [-0.2, 0) is 10.1 Å². The lowest BCUT2D eigenvalue weighted by Gasteiger charge is -2.38. The van der Waals surface area contributed by atoms with Gasteiger partial charge in [-0.3, -0.25) is 4.90 Å².